The molecule has 0 aliphatic carbocycles. The van der Waals surface area contributed by atoms with Gasteiger partial charge >= 0.3 is 0 Å². The Morgan fingerprint density at radius 3 is 2.64 bits per heavy atom. The maximum atomic E-state index is 3.84. The van der Waals surface area contributed by atoms with Crippen LogP contribution in [0.15, 0.2) is 18.5 Å². The molecule has 0 bridgehead atoms. The molecule has 3 nitrogen and oxygen atoms in total. The standard InChI is InChI=1S/C8H11N3/c1-2-6-11(5-1)8-3-4-9-10-7-8/h3-4,7H,1-2,5-6H2. The van der Waals surface area contributed by atoms with Crippen molar-refractivity contribution in [1.82, 2.24) is 10.2 Å². The molecule has 0 radical (unpaired) electrons. The first-order chi connectivity index (χ1) is 5.47. The Kier molecular flexibility index (Phi) is 1.71. The van der Waals surface area contributed by atoms with Crippen molar-refractivity contribution in [2.24, 2.45) is 0 Å². The van der Waals surface area contributed by atoms with Crippen LogP contribution in [0.3, 0.4) is 0 Å². The van der Waals surface area contributed by atoms with E-state index in [-0.39, 0.29) is 0 Å². The molecule has 58 valence electrons. The van der Waals surface area contributed by atoms with Crippen LogP contribution in [0, 0.1) is 0 Å². The van der Waals surface area contributed by atoms with Crippen LogP contribution in [-0.4, -0.2) is 23.3 Å². The lowest BCUT2D eigenvalue weighted by atomic mass is 10.4. The van der Waals surface area contributed by atoms with Gasteiger partial charge in [0.25, 0.3) is 0 Å². The van der Waals surface area contributed by atoms with Crippen molar-refractivity contribution in [2.75, 3.05) is 18.0 Å². The van der Waals surface area contributed by atoms with E-state index >= 15 is 0 Å². The lowest BCUT2D eigenvalue weighted by Gasteiger charge is -2.15. The Hall–Kier alpha value is -1.12. The summed E-state index contributed by atoms with van der Waals surface area (Å²) < 4.78 is 0. The van der Waals surface area contributed by atoms with Crippen LogP contribution in [0.2, 0.25) is 0 Å². The molecule has 0 amide bonds. The molecule has 0 unspecified atom stereocenters. The largest absolute Gasteiger partial charge is 0.370 e. The second-order valence-corrected chi connectivity index (χ2v) is 2.79. The predicted molar refractivity (Wildman–Crippen MR) is 43.5 cm³/mol. The van der Waals surface area contributed by atoms with Crippen LogP contribution in [-0.2, 0) is 0 Å². The van der Waals surface area contributed by atoms with Crippen molar-refractivity contribution < 1.29 is 0 Å². The van der Waals surface area contributed by atoms with Crippen LogP contribution in [0.4, 0.5) is 5.69 Å². The fourth-order valence-electron chi connectivity index (χ4n) is 1.45. The van der Waals surface area contributed by atoms with Crippen molar-refractivity contribution >= 4 is 5.69 Å². The summed E-state index contributed by atoms with van der Waals surface area (Å²) in [5.74, 6) is 0. The van der Waals surface area contributed by atoms with Crippen LogP contribution >= 0.6 is 0 Å². The summed E-state index contributed by atoms with van der Waals surface area (Å²) in [5, 5.41) is 7.58. The monoisotopic (exact) mass is 149 g/mol. The molecular formula is C8H11N3. The molecule has 0 saturated carbocycles. The summed E-state index contributed by atoms with van der Waals surface area (Å²) in [5.41, 5.74) is 1.21. The summed E-state index contributed by atoms with van der Waals surface area (Å²) in [6.45, 7) is 2.34. The number of aromatic nitrogens is 2. The first-order valence-corrected chi connectivity index (χ1v) is 3.98. The van der Waals surface area contributed by atoms with Gasteiger partial charge in [0.15, 0.2) is 0 Å². The van der Waals surface area contributed by atoms with Crippen LogP contribution < -0.4 is 4.90 Å². The van der Waals surface area contributed by atoms with E-state index in [1.165, 1.54) is 31.6 Å². The first-order valence-electron chi connectivity index (χ1n) is 3.98. The molecule has 1 aromatic rings. The quantitative estimate of drug-likeness (QED) is 0.598. The minimum absolute atomic E-state index is 1.17. The van der Waals surface area contributed by atoms with Gasteiger partial charge in [-0.15, -0.1) is 0 Å². The number of hydrogen-bond donors (Lipinski definition) is 0. The molecule has 0 spiro atoms. The molecular weight excluding hydrogens is 138 g/mol. The average molecular weight is 149 g/mol. The summed E-state index contributed by atoms with van der Waals surface area (Å²) in [7, 11) is 0. The minimum atomic E-state index is 1.17. The Balaban J connectivity index is 2.16. The summed E-state index contributed by atoms with van der Waals surface area (Å²) in [6.07, 6.45) is 6.18. The second-order valence-electron chi connectivity index (χ2n) is 2.79. The molecule has 2 heterocycles. The number of nitrogens with zero attached hydrogens (tertiary/aromatic N) is 3. The third kappa shape index (κ3) is 1.31. The van der Waals surface area contributed by atoms with Crippen LogP contribution in [0.5, 0.6) is 0 Å². The van der Waals surface area contributed by atoms with Gasteiger partial charge in [-0.1, -0.05) is 0 Å². The predicted octanol–water partition coefficient (Wildman–Crippen LogP) is 1.08. The number of anilines is 1. The molecule has 1 fully saturated rings. The van der Waals surface area contributed by atoms with Gasteiger partial charge in [0.2, 0.25) is 0 Å². The van der Waals surface area contributed by atoms with Gasteiger partial charge < -0.3 is 4.90 Å². The molecule has 1 aliphatic rings. The lowest BCUT2D eigenvalue weighted by Crippen LogP contribution is -2.17. The van der Waals surface area contributed by atoms with Crippen LogP contribution in [0.1, 0.15) is 12.8 Å². The highest BCUT2D eigenvalue weighted by atomic mass is 15.2. The van der Waals surface area contributed by atoms with Gasteiger partial charge in [0.1, 0.15) is 0 Å². The highest BCUT2D eigenvalue weighted by molar-refractivity contribution is 5.43. The fourth-order valence-corrected chi connectivity index (χ4v) is 1.45. The molecule has 2 rings (SSSR count). The molecule has 0 aromatic carbocycles. The van der Waals surface area contributed by atoms with Crippen molar-refractivity contribution in [3.63, 3.8) is 0 Å². The van der Waals surface area contributed by atoms with Crippen molar-refractivity contribution in [2.45, 2.75) is 12.8 Å². The molecule has 11 heavy (non-hydrogen) atoms. The smallest absolute Gasteiger partial charge is 0.0729 e. The van der Waals surface area contributed by atoms with Crippen LogP contribution in [0.25, 0.3) is 0 Å². The molecule has 1 aliphatic heterocycles. The number of hydrogen-bond acceptors (Lipinski definition) is 3. The molecule has 1 saturated heterocycles. The molecule has 1 aromatic heterocycles. The van der Waals surface area contributed by atoms with Gasteiger partial charge in [-0.2, -0.15) is 10.2 Å². The van der Waals surface area contributed by atoms with Gasteiger partial charge in [-0.3, -0.25) is 0 Å². The Bertz CT molecular complexity index is 216. The lowest BCUT2D eigenvalue weighted by molar-refractivity contribution is 0.937. The van der Waals surface area contributed by atoms with E-state index in [2.05, 4.69) is 15.1 Å². The summed E-state index contributed by atoms with van der Waals surface area (Å²) >= 11 is 0. The maximum Gasteiger partial charge on any atom is 0.0729 e. The average Bonchev–Trinajstić information content (AvgIpc) is 2.58. The minimum Gasteiger partial charge on any atom is -0.370 e. The third-order valence-electron chi connectivity index (χ3n) is 2.04. The van der Waals surface area contributed by atoms with Gasteiger partial charge in [0, 0.05) is 13.1 Å². The fraction of sp³-hybridized carbons (Fsp3) is 0.500. The zero-order valence-corrected chi connectivity index (χ0v) is 6.40. The topological polar surface area (TPSA) is 29.0 Å². The highest BCUT2D eigenvalue weighted by Gasteiger charge is 2.11. The van der Waals surface area contributed by atoms with Crippen molar-refractivity contribution in [1.29, 1.82) is 0 Å². The van der Waals surface area contributed by atoms with Gasteiger partial charge in [0.05, 0.1) is 18.1 Å². The van der Waals surface area contributed by atoms with Gasteiger partial charge in [-0.05, 0) is 18.9 Å². The number of rotatable bonds is 1. The SMILES string of the molecule is c1cc(N2CCCC2)cnn1. The first kappa shape index (κ1) is 6.58. The highest BCUT2D eigenvalue weighted by Crippen LogP contribution is 2.17. The van der Waals surface area contributed by atoms with Crippen molar-refractivity contribution in [3.8, 4) is 0 Å². The van der Waals surface area contributed by atoms with E-state index in [1.807, 2.05) is 12.3 Å². The summed E-state index contributed by atoms with van der Waals surface area (Å²) in [4.78, 5) is 2.34. The van der Waals surface area contributed by atoms with E-state index in [0.717, 1.165) is 0 Å². The van der Waals surface area contributed by atoms with E-state index < -0.39 is 0 Å². The second kappa shape index (κ2) is 2.86. The zero-order valence-electron chi connectivity index (χ0n) is 6.40. The Labute approximate surface area is 66.1 Å². The molecule has 3 heteroatoms. The normalized spacial score (nSPS) is 17.3. The molecule has 0 N–H and O–H groups in total. The third-order valence-corrected chi connectivity index (χ3v) is 2.04. The Morgan fingerprint density at radius 2 is 2.00 bits per heavy atom. The zero-order chi connectivity index (χ0) is 7.52. The van der Waals surface area contributed by atoms with Gasteiger partial charge in [-0.25, -0.2) is 0 Å². The summed E-state index contributed by atoms with van der Waals surface area (Å²) in [6, 6.07) is 2.01. The molecule has 0 atom stereocenters. The Morgan fingerprint density at radius 1 is 1.18 bits per heavy atom. The van der Waals surface area contributed by atoms with Crippen molar-refractivity contribution in [3.05, 3.63) is 18.5 Å². The van der Waals surface area contributed by atoms with E-state index in [1.54, 1.807) is 6.20 Å². The van der Waals surface area contributed by atoms with E-state index in [0.29, 0.717) is 0 Å². The maximum absolute atomic E-state index is 3.84. The van der Waals surface area contributed by atoms with E-state index in [9.17, 15) is 0 Å². The van der Waals surface area contributed by atoms with E-state index in [4.69, 9.17) is 0 Å².